The summed E-state index contributed by atoms with van der Waals surface area (Å²) in [6, 6.07) is 12.3. The number of amides is 1. The number of anilines is 1. The standard InChI is InChI=1S/C24H30N4O4S/c1-17(2)14-23(29)25-19-5-7-20(8-6-19)33(30,31)28-12-10-27(11-13-28)16-24-26-21-9-4-18(3)15-22(21)32-24/h4-9,15,17H,10-14,16H2,1-3H3,(H,25,29). The van der Waals surface area contributed by atoms with Crippen molar-refractivity contribution in [2.45, 2.75) is 38.6 Å². The highest BCUT2D eigenvalue weighted by Crippen LogP contribution is 2.22. The second kappa shape index (κ2) is 9.62. The van der Waals surface area contributed by atoms with Gasteiger partial charge in [-0.2, -0.15) is 4.31 Å². The van der Waals surface area contributed by atoms with Crippen molar-refractivity contribution < 1.29 is 17.6 Å². The number of nitrogens with one attached hydrogen (secondary N) is 1. The van der Waals surface area contributed by atoms with Crippen LogP contribution in [0.25, 0.3) is 11.1 Å². The summed E-state index contributed by atoms with van der Waals surface area (Å²) in [4.78, 5) is 18.8. The summed E-state index contributed by atoms with van der Waals surface area (Å²) in [6.07, 6.45) is 0.424. The highest BCUT2D eigenvalue weighted by atomic mass is 32.2. The highest BCUT2D eigenvalue weighted by molar-refractivity contribution is 7.89. The molecular weight excluding hydrogens is 440 g/mol. The van der Waals surface area contributed by atoms with E-state index in [1.807, 2.05) is 39.0 Å². The molecule has 1 N–H and O–H groups in total. The zero-order chi connectivity index (χ0) is 23.6. The van der Waals surface area contributed by atoms with Gasteiger partial charge in [0, 0.05) is 38.3 Å². The molecule has 1 aliphatic heterocycles. The predicted molar refractivity (Wildman–Crippen MR) is 127 cm³/mol. The lowest BCUT2D eigenvalue weighted by atomic mass is 10.1. The first kappa shape index (κ1) is 23.4. The van der Waals surface area contributed by atoms with Gasteiger partial charge in [0.05, 0.1) is 11.4 Å². The zero-order valence-corrected chi connectivity index (χ0v) is 20.1. The summed E-state index contributed by atoms with van der Waals surface area (Å²) >= 11 is 0. The fourth-order valence-electron chi connectivity index (χ4n) is 3.91. The molecule has 3 aromatic rings. The first-order valence-corrected chi connectivity index (χ1v) is 12.6. The summed E-state index contributed by atoms with van der Waals surface area (Å²) in [5.41, 5.74) is 3.32. The second-order valence-corrected chi connectivity index (χ2v) is 10.9. The Balaban J connectivity index is 1.34. The van der Waals surface area contributed by atoms with Gasteiger partial charge in [0.25, 0.3) is 0 Å². The lowest BCUT2D eigenvalue weighted by Crippen LogP contribution is -2.48. The van der Waals surface area contributed by atoms with Crippen LogP contribution >= 0.6 is 0 Å². The number of oxazole rings is 1. The lowest BCUT2D eigenvalue weighted by molar-refractivity contribution is -0.116. The molecule has 1 amide bonds. The van der Waals surface area contributed by atoms with Gasteiger partial charge in [-0.3, -0.25) is 9.69 Å². The van der Waals surface area contributed by atoms with Crippen molar-refractivity contribution in [3.05, 3.63) is 53.9 Å². The molecule has 33 heavy (non-hydrogen) atoms. The van der Waals surface area contributed by atoms with Crippen molar-refractivity contribution in [3.8, 4) is 0 Å². The molecule has 8 nitrogen and oxygen atoms in total. The molecule has 1 aromatic heterocycles. The van der Waals surface area contributed by atoms with Crippen molar-refractivity contribution in [1.82, 2.24) is 14.2 Å². The SMILES string of the molecule is Cc1ccc2nc(CN3CCN(S(=O)(=O)c4ccc(NC(=O)CC(C)C)cc4)CC3)oc2c1. The molecule has 2 aromatic carbocycles. The van der Waals surface area contributed by atoms with Crippen LogP contribution in [0.3, 0.4) is 0 Å². The normalized spacial score (nSPS) is 15.9. The third-order valence-corrected chi connectivity index (χ3v) is 7.56. The van der Waals surface area contributed by atoms with Gasteiger partial charge < -0.3 is 9.73 Å². The molecule has 0 bridgehead atoms. The van der Waals surface area contributed by atoms with Crippen LogP contribution in [-0.4, -0.2) is 54.7 Å². The highest BCUT2D eigenvalue weighted by Gasteiger charge is 2.29. The Morgan fingerprint density at radius 3 is 2.45 bits per heavy atom. The molecule has 176 valence electrons. The molecule has 1 aliphatic rings. The number of aryl methyl sites for hydroxylation is 1. The number of carbonyl (C=O) groups excluding carboxylic acids is 1. The van der Waals surface area contributed by atoms with E-state index in [1.54, 1.807) is 24.3 Å². The van der Waals surface area contributed by atoms with E-state index in [-0.39, 0.29) is 16.7 Å². The van der Waals surface area contributed by atoms with Crippen molar-refractivity contribution in [1.29, 1.82) is 0 Å². The zero-order valence-electron chi connectivity index (χ0n) is 19.2. The van der Waals surface area contributed by atoms with Crippen molar-refractivity contribution in [2.75, 3.05) is 31.5 Å². The largest absolute Gasteiger partial charge is 0.439 e. The van der Waals surface area contributed by atoms with Gasteiger partial charge >= 0.3 is 0 Å². The maximum Gasteiger partial charge on any atom is 0.243 e. The lowest BCUT2D eigenvalue weighted by Gasteiger charge is -2.33. The summed E-state index contributed by atoms with van der Waals surface area (Å²) in [5.74, 6) is 0.822. The Labute approximate surface area is 194 Å². The van der Waals surface area contributed by atoms with Crippen LogP contribution in [0.4, 0.5) is 5.69 Å². The second-order valence-electron chi connectivity index (χ2n) is 8.93. The molecule has 9 heteroatoms. The van der Waals surface area contributed by atoms with Crippen molar-refractivity contribution >= 4 is 32.7 Å². The average molecular weight is 471 g/mol. The van der Waals surface area contributed by atoms with Crippen LogP contribution in [0.2, 0.25) is 0 Å². The predicted octanol–water partition coefficient (Wildman–Crippen LogP) is 3.63. The molecule has 1 fully saturated rings. The number of sulfonamides is 1. The van der Waals surface area contributed by atoms with Gasteiger partial charge in [0.15, 0.2) is 5.58 Å². The van der Waals surface area contributed by atoms with E-state index in [9.17, 15) is 13.2 Å². The molecule has 4 rings (SSSR count). The molecule has 0 unspecified atom stereocenters. The number of piperazine rings is 1. The van der Waals surface area contributed by atoms with Crippen LogP contribution in [-0.2, 0) is 21.4 Å². The van der Waals surface area contributed by atoms with E-state index in [4.69, 9.17) is 4.42 Å². The summed E-state index contributed by atoms with van der Waals surface area (Å²) in [7, 11) is -3.59. The first-order valence-electron chi connectivity index (χ1n) is 11.2. The molecular formula is C24H30N4O4S. The van der Waals surface area contributed by atoms with Crippen molar-refractivity contribution in [3.63, 3.8) is 0 Å². The number of carbonyl (C=O) groups is 1. The van der Waals surface area contributed by atoms with Gasteiger partial charge in [-0.15, -0.1) is 0 Å². The number of hydrogen-bond acceptors (Lipinski definition) is 6. The Hall–Kier alpha value is -2.75. The number of aromatic nitrogens is 1. The molecule has 0 aliphatic carbocycles. The Morgan fingerprint density at radius 2 is 1.79 bits per heavy atom. The summed E-state index contributed by atoms with van der Waals surface area (Å²) in [5, 5.41) is 2.80. The average Bonchev–Trinajstić information content (AvgIpc) is 3.15. The number of fused-ring (bicyclic) bond motifs is 1. The molecule has 2 heterocycles. The van der Waals surface area contributed by atoms with E-state index in [1.165, 1.54) is 4.31 Å². The fourth-order valence-corrected chi connectivity index (χ4v) is 5.33. The van der Waals surface area contributed by atoms with Gasteiger partial charge in [-0.1, -0.05) is 19.9 Å². The third kappa shape index (κ3) is 5.61. The number of nitrogens with zero attached hydrogens (tertiary/aromatic N) is 3. The van der Waals surface area contributed by atoms with Gasteiger partial charge in [-0.05, 0) is 54.8 Å². The molecule has 0 atom stereocenters. The number of hydrogen-bond donors (Lipinski definition) is 1. The van der Waals surface area contributed by atoms with E-state index >= 15 is 0 Å². The number of benzene rings is 2. The van der Waals surface area contributed by atoms with Crippen LogP contribution < -0.4 is 5.32 Å². The van der Waals surface area contributed by atoms with Crippen LogP contribution in [0.1, 0.15) is 31.7 Å². The van der Waals surface area contributed by atoms with E-state index in [0.29, 0.717) is 50.7 Å². The molecule has 0 saturated carbocycles. The Morgan fingerprint density at radius 1 is 1.09 bits per heavy atom. The van der Waals surface area contributed by atoms with Gasteiger partial charge in [0.2, 0.25) is 21.8 Å². The van der Waals surface area contributed by atoms with Gasteiger partial charge in [0.1, 0.15) is 5.52 Å². The summed E-state index contributed by atoms with van der Waals surface area (Å²) in [6.45, 7) is 8.50. The van der Waals surface area contributed by atoms with Crippen LogP contribution in [0.5, 0.6) is 0 Å². The first-order chi connectivity index (χ1) is 15.7. The minimum atomic E-state index is -3.59. The van der Waals surface area contributed by atoms with E-state index < -0.39 is 10.0 Å². The van der Waals surface area contributed by atoms with Crippen LogP contribution in [0, 0.1) is 12.8 Å². The molecule has 0 radical (unpaired) electrons. The van der Waals surface area contributed by atoms with Crippen LogP contribution in [0.15, 0.2) is 51.8 Å². The number of rotatable bonds is 7. The Bertz CT molecular complexity index is 1230. The summed E-state index contributed by atoms with van der Waals surface area (Å²) < 4.78 is 33.5. The molecule has 1 saturated heterocycles. The topological polar surface area (TPSA) is 95.8 Å². The fraction of sp³-hybridized carbons (Fsp3) is 0.417. The minimum Gasteiger partial charge on any atom is -0.439 e. The quantitative estimate of drug-likeness (QED) is 0.567. The van der Waals surface area contributed by atoms with Crippen molar-refractivity contribution in [2.24, 2.45) is 5.92 Å². The minimum absolute atomic E-state index is 0.0780. The third-order valence-electron chi connectivity index (χ3n) is 5.65. The van der Waals surface area contributed by atoms with E-state index in [2.05, 4.69) is 15.2 Å². The maximum absolute atomic E-state index is 13.1. The Kier molecular flexibility index (Phi) is 6.83. The molecule has 0 spiro atoms. The smallest absolute Gasteiger partial charge is 0.243 e. The maximum atomic E-state index is 13.1. The van der Waals surface area contributed by atoms with E-state index in [0.717, 1.165) is 16.7 Å². The monoisotopic (exact) mass is 470 g/mol. The van der Waals surface area contributed by atoms with Gasteiger partial charge in [-0.25, -0.2) is 13.4 Å².